The average Bonchev–Trinajstić information content (AvgIpc) is 2.55. The molecule has 1 aromatic carbocycles. The zero-order valence-corrected chi connectivity index (χ0v) is 13.6. The Bertz CT molecular complexity index is 463. The van der Waals surface area contributed by atoms with Crippen LogP contribution < -0.4 is 5.32 Å². The summed E-state index contributed by atoms with van der Waals surface area (Å²) < 4.78 is 0. The lowest BCUT2D eigenvalue weighted by atomic mass is 9.75. The highest BCUT2D eigenvalue weighted by molar-refractivity contribution is 8.13. The van der Waals surface area contributed by atoms with Crippen molar-refractivity contribution in [1.29, 1.82) is 0 Å². The Morgan fingerprint density at radius 3 is 2.62 bits per heavy atom. The van der Waals surface area contributed by atoms with Crippen molar-refractivity contribution >= 4 is 16.9 Å². The summed E-state index contributed by atoms with van der Waals surface area (Å²) in [6.07, 6.45) is 9.37. The third-order valence-electron chi connectivity index (χ3n) is 4.75. The van der Waals surface area contributed by atoms with Gasteiger partial charge in [0.25, 0.3) is 0 Å². The van der Waals surface area contributed by atoms with Crippen LogP contribution in [0.4, 0.5) is 0 Å². The third-order valence-corrected chi connectivity index (χ3v) is 6.05. The molecule has 1 aliphatic heterocycles. The number of aryl methyl sites for hydroxylation is 1. The van der Waals surface area contributed by atoms with E-state index in [0.717, 1.165) is 19.5 Å². The van der Waals surface area contributed by atoms with Crippen LogP contribution in [0.1, 0.15) is 44.1 Å². The average molecular weight is 302 g/mol. The minimum atomic E-state index is 0.540. The molecule has 1 N–H and O–H groups in total. The van der Waals surface area contributed by atoms with Gasteiger partial charge in [-0.2, -0.15) is 0 Å². The molecule has 1 aliphatic carbocycles. The predicted molar refractivity (Wildman–Crippen MR) is 93.0 cm³/mol. The number of rotatable bonds is 4. The van der Waals surface area contributed by atoms with Gasteiger partial charge in [0.05, 0.1) is 0 Å². The fourth-order valence-electron chi connectivity index (χ4n) is 3.40. The van der Waals surface area contributed by atoms with E-state index < -0.39 is 0 Å². The zero-order valence-electron chi connectivity index (χ0n) is 12.8. The summed E-state index contributed by atoms with van der Waals surface area (Å²) in [6.45, 7) is 2.09. The number of nitrogens with zero attached hydrogens (tertiary/aromatic N) is 1. The first-order chi connectivity index (χ1) is 10.4. The van der Waals surface area contributed by atoms with Gasteiger partial charge in [-0.15, -0.1) is 0 Å². The molecule has 2 aliphatic rings. The smallest absolute Gasteiger partial charge is 0.156 e. The monoisotopic (exact) mass is 302 g/mol. The fourth-order valence-corrected chi connectivity index (χ4v) is 4.58. The largest absolute Gasteiger partial charge is 0.365 e. The van der Waals surface area contributed by atoms with E-state index in [9.17, 15) is 0 Å². The molecule has 0 atom stereocenters. The van der Waals surface area contributed by atoms with Crippen LogP contribution in [-0.4, -0.2) is 24.0 Å². The van der Waals surface area contributed by atoms with Gasteiger partial charge >= 0.3 is 0 Å². The van der Waals surface area contributed by atoms with Gasteiger partial charge in [-0.05, 0) is 36.7 Å². The van der Waals surface area contributed by atoms with Crippen LogP contribution in [0.15, 0.2) is 35.3 Å². The van der Waals surface area contributed by atoms with Crippen LogP contribution in [0.3, 0.4) is 0 Å². The van der Waals surface area contributed by atoms with Gasteiger partial charge in [-0.1, -0.05) is 61.4 Å². The Hall–Kier alpha value is -0.960. The lowest BCUT2D eigenvalue weighted by Gasteiger charge is -2.38. The first-order valence-electron chi connectivity index (χ1n) is 8.31. The lowest BCUT2D eigenvalue weighted by molar-refractivity contribution is 0.232. The van der Waals surface area contributed by atoms with Crippen LogP contribution >= 0.6 is 11.8 Å². The molecule has 1 spiro atoms. The molecule has 0 bridgehead atoms. The Morgan fingerprint density at radius 1 is 1.10 bits per heavy atom. The molecule has 1 aromatic rings. The van der Waals surface area contributed by atoms with Crippen LogP contribution in [0, 0.1) is 5.41 Å². The van der Waals surface area contributed by atoms with Crippen molar-refractivity contribution in [3.8, 4) is 0 Å². The number of thioether (sulfide) groups is 1. The lowest BCUT2D eigenvalue weighted by Crippen LogP contribution is -2.37. The van der Waals surface area contributed by atoms with Gasteiger partial charge in [-0.25, -0.2) is 0 Å². The summed E-state index contributed by atoms with van der Waals surface area (Å²) in [6, 6.07) is 10.7. The molecule has 114 valence electrons. The number of hydrogen-bond donors (Lipinski definition) is 1. The Labute approximate surface area is 132 Å². The molecule has 1 fully saturated rings. The fraction of sp³-hybridized carbons (Fsp3) is 0.611. The number of aliphatic imine (C=N–C) groups is 1. The van der Waals surface area contributed by atoms with Crippen LogP contribution in [0.2, 0.25) is 0 Å². The molecule has 3 rings (SSSR count). The number of amidine groups is 1. The minimum Gasteiger partial charge on any atom is -0.365 e. The van der Waals surface area contributed by atoms with E-state index in [4.69, 9.17) is 4.99 Å². The zero-order chi connectivity index (χ0) is 14.4. The van der Waals surface area contributed by atoms with Crippen LogP contribution in [0.5, 0.6) is 0 Å². The van der Waals surface area contributed by atoms with Gasteiger partial charge in [0.15, 0.2) is 5.17 Å². The minimum absolute atomic E-state index is 0.540. The molecule has 0 aromatic heterocycles. The molecule has 0 saturated heterocycles. The van der Waals surface area contributed by atoms with E-state index >= 15 is 0 Å². The molecule has 2 nitrogen and oxygen atoms in total. The van der Waals surface area contributed by atoms with Crippen molar-refractivity contribution in [3.63, 3.8) is 0 Å². The maximum Gasteiger partial charge on any atom is 0.156 e. The maximum atomic E-state index is 4.82. The summed E-state index contributed by atoms with van der Waals surface area (Å²) in [5.41, 5.74) is 1.97. The highest BCUT2D eigenvalue weighted by atomic mass is 32.2. The van der Waals surface area contributed by atoms with Gasteiger partial charge in [0, 0.05) is 18.8 Å². The van der Waals surface area contributed by atoms with Gasteiger partial charge < -0.3 is 5.32 Å². The molecular formula is C18H26N2S. The molecule has 3 heteroatoms. The van der Waals surface area contributed by atoms with E-state index in [2.05, 4.69) is 35.6 Å². The summed E-state index contributed by atoms with van der Waals surface area (Å²) in [7, 11) is 0. The van der Waals surface area contributed by atoms with Gasteiger partial charge in [-0.3, -0.25) is 4.99 Å². The normalized spacial score (nSPS) is 21.0. The quantitative estimate of drug-likeness (QED) is 0.840. The molecule has 21 heavy (non-hydrogen) atoms. The first-order valence-corrected chi connectivity index (χ1v) is 9.30. The number of benzene rings is 1. The van der Waals surface area contributed by atoms with E-state index in [-0.39, 0.29) is 0 Å². The van der Waals surface area contributed by atoms with Gasteiger partial charge in [0.2, 0.25) is 0 Å². The second kappa shape index (κ2) is 7.35. The van der Waals surface area contributed by atoms with Crippen molar-refractivity contribution in [2.24, 2.45) is 10.4 Å². The van der Waals surface area contributed by atoms with Crippen molar-refractivity contribution in [3.05, 3.63) is 35.9 Å². The van der Waals surface area contributed by atoms with E-state index in [1.807, 2.05) is 11.8 Å². The summed E-state index contributed by atoms with van der Waals surface area (Å²) in [4.78, 5) is 4.82. The van der Waals surface area contributed by atoms with E-state index in [0.29, 0.717) is 5.41 Å². The molecular weight excluding hydrogens is 276 g/mol. The second-order valence-electron chi connectivity index (χ2n) is 6.49. The standard InChI is InChI=1S/C18H26N2S/c1-3-8-16(9-4-1)10-7-13-19-17-20-14-18(15-21-17)11-5-2-6-12-18/h1,3-4,8-9H,2,5-7,10-15H2,(H,19,20). The highest BCUT2D eigenvalue weighted by Gasteiger charge is 2.34. The third kappa shape index (κ3) is 4.26. The van der Waals surface area contributed by atoms with Crippen molar-refractivity contribution in [2.75, 3.05) is 18.8 Å². The molecule has 1 heterocycles. The van der Waals surface area contributed by atoms with E-state index in [1.165, 1.54) is 55.0 Å². The molecule has 0 radical (unpaired) electrons. The Morgan fingerprint density at radius 2 is 1.90 bits per heavy atom. The number of nitrogens with one attached hydrogen (secondary N) is 1. The van der Waals surface area contributed by atoms with E-state index in [1.54, 1.807) is 0 Å². The Balaban J connectivity index is 1.38. The van der Waals surface area contributed by atoms with Crippen LogP contribution in [-0.2, 0) is 6.42 Å². The van der Waals surface area contributed by atoms with Crippen molar-refractivity contribution < 1.29 is 0 Å². The SMILES string of the molecule is c1ccc(CCCNC2=NCC3(CCCCC3)CS2)cc1. The summed E-state index contributed by atoms with van der Waals surface area (Å²) in [5.74, 6) is 1.28. The molecule has 0 amide bonds. The topological polar surface area (TPSA) is 24.4 Å². The summed E-state index contributed by atoms with van der Waals surface area (Å²) in [5, 5.41) is 4.71. The van der Waals surface area contributed by atoms with Crippen molar-refractivity contribution in [2.45, 2.75) is 44.9 Å². The number of hydrogen-bond acceptors (Lipinski definition) is 3. The first kappa shape index (κ1) is 15.0. The molecule has 1 saturated carbocycles. The second-order valence-corrected chi connectivity index (χ2v) is 7.45. The molecule has 0 unspecified atom stereocenters. The van der Waals surface area contributed by atoms with Gasteiger partial charge in [0.1, 0.15) is 0 Å². The summed E-state index contributed by atoms with van der Waals surface area (Å²) >= 11 is 1.95. The predicted octanol–water partition coefficient (Wildman–Crippen LogP) is 4.26. The highest BCUT2D eigenvalue weighted by Crippen LogP contribution is 2.41. The Kier molecular flexibility index (Phi) is 5.23. The maximum absolute atomic E-state index is 4.82. The van der Waals surface area contributed by atoms with Crippen molar-refractivity contribution in [1.82, 2.24) is 5.32 Å². The van der Waals surface area contributed by atoms with Crippen LogP contribution in [0.25, 0.3) is 0 Å².